The van der Waals surface area contributed by atoms with Gasteiger partial charge in [-0.3, -0.25) is 14.5 Å². The Hall–Kier alpha value is -3.26. The number of hydrogen-bond acceptors (Lipinski definition) is 6. The Morgan fingerprint density at radius 1 is 1.07 bits per heavy atom. The van der Waals surface area contributed by atoms with Crippen molar-refractivity contribution < 1.29 is 19.4 Å². The molecule has 0 aliphatic carbocycles. The number of aromatic hydroxyl groups is 1. The minimum Gasteiger partial charge on any atom is -0.508 e. The topological polar surface area (TPSA) is 85.4 Å². The maximum Gasteiger partial charge on any atom is 0.238 e. The largest absolute Gasteiger partial charge is 0.508 e. The van der Waals surface area contributed by atoms with E-state index < -0.39 is 0 Å². The van der Waals surface area contributed by atoms with Crippen LogP contribution < -0.4 is 15.0 Å². The number of nitrogens with one attached hydrogen (secondary N) is 1. The van der Waals surface area contributed by atoms with Gasteiger partial charge in [0.2, 0.25) is 11.8 Å². The second-order valence-corrected chi connectivity index (χ2v) is 7.34. The van der Waals surface area contributed by atoms with Gasteiger partial charge in [0.1, 0.15) is 11.5 Å². The Morgan fingerprint density at radius 3 is 2.43 bits per heavy atom. The van der Waals surface area contributed by atoms with Crippen LogP contribution in [-0.2, 0) is 9.59 Å². The molecule has 0 radical (unpaired) electrons. The van der Waals surface area contributed by atoms with E-state index in [2.05, 4.69) is 10.2 Å². The lowest BCUT2D eigenvalue weighted by molar-refractivity contribution is -0.132. The van der Waals surface area contributed by atoms with E-state index in [0.717, 1.165) is 18.8 Å². The maximum absolute atomic E-state index is 12.6. The number of benzene rings is 2. The van der Waals surface area contributed by atoms with Crippen molar-refractivity contribution in [2.75, 3.05) is 63.6 Å². The Morgan fingerprint density at radius 2 is 1.77 bits per heavy atom. The van der Waals surface area contributed by atoms with E-state index >= 15 is 0 Å². The zero-order valence-electron chi connectivity index (χ0n) is 17.4. The van der Waals surface area contributed by atoms with Gasteiger partial charge in [0, 0.05) is 43.6 Å². The summed E-state index contributed by atoms with van der Waals surface area (Å²) < 4.78 is 5.15. The number of nitrogens with zero attached hydrogens (tertiary/aromatic N) is 3. The number of piperazine rings is 1. The van der Waals surface area contributed by atoms with E-state index in [1.54, 1.807) is 49.4 Å². The summed E-state index contributed by atoms with van der Waals surface area (Å²) in [7, 11) is 3.33. The third kappa shape index (κ3) is 5.87. The lowest BCUT2D eigenvalue weighted by atomic mass is 10.2. The molecule has 0 bridgehead atoms. The molecule has 8 heteroatoms. The van der Waals surface area contributed by atoms with Crippen molar-refractivity contribution in [2.24, 2.45) is 0 Å². The molecule has 1 saturated heterocycles. The fourth-order valence-corrected chi connectivity index (χ4v) is 3.41. The number of amides is 2. The molecule has 0 aromatic heterocycles. The van der Waals surface area contributed by atoms with Crippen LogP contribution >= 0.6 is 0 Å². The molecule has 2 aromatic carbocycles. The highest BCUT2D eigenvalue weighted by molar-refractivity contribution is 5.92. The second-order valence-electron chi connectivity index (χ2n) is 7.34. The zero-order valence-corrected chi connectivity index (χ0v) is 17.4. The molecule has 2 N–H and O–H groups in total. The third-order valence-electron chi connectivity index (χ3n) is 5.02. The van der Waals surface area contributed by atoms with Crippen LogP contribution in [0.15, 0.2) is 48.5 Å². The fraction of sp³-hybridized carbons (Fsp3) is 0.364. The van der Waals surface area contributed by atoms with E-state index in [4.69, 9.17) is 4.74 Å². The van der Waals surface area contributed by atoms with E-state index in [1.165, 1.54) is 0 Å². The van der Waals surface area contributed by atoms with Crippen molar-refractivity contribution in [2.45, 2.75) is 0 Å². The minimum absolute atomic E-state index is 0.0111. The SMILES string of the molecule is COc1cccc(NC(=O)CN(C)CC(=O)N2CCN(c3ccc(O)cc3)CC2)c1. The molecule has 1 heterocycles. The number of phenolic OH excluding ortho intramolecular Hbond substituents is 1. The van der Waals surface area contributed by atoms with Crippen LogP contribution in [0.3, 0.4) is 0 Å². The quantitative estimate of drug-likeness (QED) is 0.719. The van der Waals surface area contributed by atoms with Crippen LogP contribution in [-0.4, -0.2) is 80.1 Å². The summed E-state index contributed by atoms with van der Waals surface area (Å²) in [6.07, 6.45) is 0. The summed E-state index contributed by atoms with van der Waals surface area (Å²) in [4.78, 5) is 30.6. The van der Waals surface area contributed by atoms with Crippen molar-refractivity contribution in [3.8, 4) is 11.5 Å². The maximum atomic E-state index is 12.6. The van der Waals surface area contributed by atoms with Crippen LogP contribution in [0.4, 0.5) is 11.4 Å². The molecule has 8 nitrogen and oxygen atoms in total. The molecule has 2 aromatic rings. The molecule has 2 amide bonds. The Kier molecular flexibility index (Phi) is 7.13. The number of carbonyl (C=O) groups is 2. The number of ether oxygens (including phenoxy) is 1. The highest BCUT2D eigenvalue weighted by Crippen LogP contribution is 2.20. The molecule has 3 rings (SSSR count). The summed E-state index contributed by atoms with van der Waals surface area (Å²) >= 11 is 0. The third-order valence-corrected chi connectivity index (χ3v) is 5.02. The molecule has 1 aliphatic heterocycles. The van der Waals surface area contributed by atoms with Crippen molar-refractivity contribution in [1.82, 2.24) is 9.80 Å². The lowest BCUT2D eigenvalue weighted by Crippen LogP contribution is -2.51. The number of methoxy groups -OCH3 is 1. The molecule has 30 heavy (non-hydrogen) atoms. The van der Waals surface area contributed by atoms with Crippen LogP contribution in [0, 0.1) is 0 Å². The zero-order chi connectivity index (χ0) is 21.5. The molecule has 0 atom stereocenters. The number of anilines is 2. The van der Waals surface area contributed by atoms with Crippen molar-refractivity contribution in [3.05, 3.63) is 48.5 Å². The second kappa shape index (κ2) is 9.98. The minimum atomic E-state index is -0.185. The summed E-state index contributed by atoms with van der Waals surface area (Å²) in [5.41, 5.74) is 1.69. The smallest absolute Gasteiger partial charge is 0.238 e. The van der Waals surface area contributed by atoms with Gasteiger partial charge in [-0.25, -0.2) is 0 Å². The first-order valence-corrected chi connectivity index (χ1v) is 9.89. The average molecular weight is 412 g/mol. The predicted molar refractivity (Wildman–Crippen MR) is 116 cm³/mol. The van der Waals surface area contributed by atoms with Gasteiger partial charge in [-0.05, 0) is 43.4 Å². The summed E-state index contributed by atoms with van der Waals surface area (Å²) in [6, 6.07) is 14.2. The average Bonchev–Trinajstić information content (AvgIpc) is 2.74. The van der Waals surface area contributed by atoms with Crippen LogP contribution in [0.2, 0.25) is 0 Å². The molecule has 0 saturated carbocycles. The normalized spacial score (nSPS) is 14.0. The number of carbonyl (C=O) groups excluding carboxylic acids is 2. The highest BCUT2D eigenvalue weighted by atomic mass is 16.5. The van der Waals surface area contributed by atoms with Crippen molar-refractivity contribution >= 4 is 23.2 Å². The summed E-state index contributed by atoms with van der Waals surface area (Å²) in [6.45, 7) is 3.03. The molecule has 160 valence electrons. The van der Waals surface area contributed by atoms with Gasteiger partial charge in [-0.2, -0.15) is 0 Å². The molecular formula is C22H28N4O4. The number of likely N-dealkylation sites (N-methyl/N-ethyl adjacent to an activating group) is 1. The van der Waals surface area contributed by atoms with Gasteiger partial charge in [0.15, 0.2) is 0 Å². The predicted octanol–water partition coefficient (Wildman–Crippen LogP) is 1.62. The highest BCUT2D eigenvalue weighted by Gasteiger charge is 2.22. The standard InChI is InChI=1S/C22H28N4O4/c1-24(15-21(28)23-17-4-3-5-20(14-17)30-2)16-22(29)26-12-10-25(11-13-26)18-6-8-19(27)9-7-18/h3-9,14,27H,10-13,15-16H2,1-2H3,(H,23,28). The van der Waals surface area contributed by atoms with Crippen LogP contribution in [0.1, 0.15) is 0 Å². The van der Waals surface area contributed by atoms with E-state index in [1.807, 2.05) is 23.1 Å². The first-order chi connectivity index (χ1) is 14.4. The monoisotopic (exact) mass is 412 g/mol. The molecule has 1 fully saturated rings. The Bertz CT molecular complexity index is 864. The Balaban J connectivity index is 1.43. The first-order valence-electron chi connectivity index (χ1n) is 9.89. The van der Waals surface area contributed by atoms with E-state index in [0.29, 0.717) is 24.5 Å². The van der Waals surface area contributed by atoms with Crippen molar-refractivity contribution in [1.29, 1.82) is 0 Å². The number of phenols is 1. The van der Waals surface area contributed by atoms with E-state index in [-0.39, 0.29) is 30.7 Å². The van der Waals surface area contributed by atoms with E-state index in [9.17, 15) is 14.7 Å². The van der Waals surface area contributed by atoms with Gasteiger partial charge in [-0.15, -0.1) is 0 Å². The fourth-order valence-electron chi connectivity index (χ4n) is 3.41. The van der Waals surface area contributed by atoms with Gasteiger partial charge in [0.25, 0.3) is 0 Å². The van der Waals surface area contributed by atoms with Gasteiger partial charge in [0.05, 0.1) is 20.2 Å². The molecule has 0 unspecified atom stereocenters. The van der Waals surface area contributed by atoms with Gasteiger partial charge in [-0.1, -0.05) is 6.07 Å². The number of hydrogen-bond donors (Lipinski definition) is 2. The van der Waals surface area contributed by atoms with Crippen molar-refractivity contribution in [3.63, 3.8) is 0 Å². The molecule has 0 spiro atoms. The van der Waals surface area contributed by atoms with Gasteiger partial charge >= 0.3 is 0 Å². The summed E-state index contributed by atoms with van der Waals surface area (Å²) in [5, 5.41) is 12.2. The molecule has 1 aliphatic rings. The van der Waals surface area contributed by atoms with Crippen LogP contribution in [0.5, 0.6) is 11.5 Å². The molecular weight excluding hydrogens is 384 g/mol. The number of rotatable bonds is 7. The Labute approximate surface area is 176 Å². The lowest BCUT2D eigenvalue weighted by Gasteiger charge is -2.36. The summed E-state index contributed by atoms with van der Waals surface area (Å²) in [5.74, 6) is 0.738. The van der Waals surface area contributed by atoms with Gasteiger partial charge < -0.3 is 25.0 Å². The first kappa shape index (κ1) is 21.4. The van der Waals surface area contributed by atoms with Crippen LogP contribution in [0.25, 0.3) is 0 Å².